The summed E-state index contributed by atoms with van der Waals surface area (Å²) in [5, 5.41) is 0. The zero-order valence-corrected chi connectivity index (χ0v) is 8.15. The van der Waals surface area contributed by atoms with Crippen LogP contribution in [0.1, 0.15) is 26.2 Å². The molecule has 6 heteroatoms. The first-order valence-electron chi connectivity index (χ1n) is 4.21. The summed E-state index contributed by atoms with van der Waals surface area (Å²) in [6.45, 7) is 1.98. The maximum Gasteiger partial charge on any atom is 0.350 e. The molecular formula is C7H13F2NO2S. The average molecular weight is 213 g/mol. The standard InChI is InChI=1S/C7H13F2NO2S/c1-5-2-3-6(4-5)10-13(11,12)7(8)9/h5-7,10H,2-4H2,1H3. The Bertz CT molecular complexity index is 266. The van der Waals surface area contributed by atoms with Crippen LogP contribution in [0, 0.1) is 5.92 Å². The van der Waals surface area contributed by atoms with Crippen molar-refractivity contribution < 1.29 is 17.2 Å². The maximum atomic E-state index is 11.9. The Labute approximate surface area is 76.6 Å². The van der Waals surface area contributed by atoms with Gasteiger partial charge in [-0.25, -0.2) is 13.1 Å². The third kappa shape index (κ3) is 2.87. The van der Waals surface area contributed by atoms with Gasteiger partial charge in [0.2, 0.25) is 0 Å². The van der Waals surface area contributed by atoms with Crippen molar-refractivity contribution in [2.24, 2.45) is 5.92 Å². The van der Waals surface area contributed by atoms with Crippen molar-refractivity contribution in [1.29, 1.82) is 0 Å². The lowest BCUT2D eigenvalue weighted by molar-refractivity contribution is 0.231. The smallest absolute Gasteiger partial charge is 0.207 e. The predicted octanol–water partition coefficient (Wildman–Crippen LogP) is 1.32. The summed E-state index contributed by atoms with van der Waals surface area (Å²) in [6.07, 6.45) is 2.22. The van der Waals surface area contributed by atoms with E-state index in [1.165, 1.54) is 0 Å². The zero-order chi connectivity index (χ0) is 10.1. The molecule has 0 heterocycles. The molecule has 1 aliphatic rings. The van der Waals surface area contributed by atoms with Gasteiger partial charge in [0.15, 0.2) is 0 Å². The van der Waals surface area contributed by atoms with Gasteiger partial charge in [-0.15, -0.1) is 0 Å². The highest BCUT2D eigenvalue weighted by atomic mass is 32.2. The normalized spacial score (nSPS) is 29.8. The van der Waals surface area contributed by atoms with Crippen LogP contribution in [0.5, 0.6) is 0 Å². The number of nitrogens with one attached hydrogen (secondary N) is 1. The van der Waals surface area contributed by atoms with E-state index in [0.717, 1.165) is 6.42 Å². The lowest BCUT2D eigenvalue weighted by Crippen LogP contribution is -2.36. The summed E-state index contributed by atoms with van der Waals surface area (Å²) in [5.41, 5.74) is 0. The van der Waals surface area contributed by atoms with Gasteiger partial charge in [0, 0.05) is 6.04 Å². The van der Waals surface area contributed by atoms with Gasteiger partial charge >= 0.3 is 5.76 Å². The van der Waals surface area contributed by atoms with Crippen molar-refractivity contribution >= 4 is 10.0 Å². The van der Waals surface area contributed by atoms with Gasteiger partial charge in [-0.3, -0.25) is 0 Å². The molecule has 0 aromatic rings. The molecule has 2 unspecified atom stereocenters. The van der Waals surface area contributed by atoms with E-state index in [1.807, 2.05) is 11.6 Å². The van der Waals surface area contributed by atoms with E-state index >= 15 is 0 Å². The Morgan fingerprint density at radius 1 is 1.38 bits per heavy atom. The highest BCUT2D eigenvalue weighted by Crippen LogP contribution is 2.25. The molecule has 1 rings (SSSR count). The highest BCUT2D eigenvalue weighted by molar-refractivity contribution is 7.89. The molecule has 1 saturated carbocycles. The van der Waals surface area contributed by atoms with Gasteiger partial charge in [0.1, 0.15) is 0 Å². The summed E-state index contributed by atoms with van der Waals surface area (Å²) in [6, 6.07) is -0.297. The van der Waals surface area contributed by atoms with Crippen LogP contribution < -0.4 is 4.72 Å². The molecule has 2 atom stereocenters. The number of rotatable bonds is 3. The van der Waals surface area contributed by atoms with E-state index < -0.39 is 15.8 Å². The number of alkyl halides is 2. The monoisotopic (exact) mass is 213 g/mol. The van der Waals surface area contributed by atoms with Gasteiger partial charge in [0.05, 0.1) is 0 Å². The van der Waals surface area contributed by atoms with Crippen LogP contribution in [0.2, 0.25) is 0 Å². The molecule has 0 aliphatic heterocycles. The summed E-state index contributed by atoms with van der Waals surface area (Å²) in [5.74, 6) is -2.89. The topological polar surface area (TPSA) is 46.2 Å². The van der Waals surface area contributed by atoms with Gasteiger partial charge in [-0.1, -0.05) is 6.92 Å². The van der Waals surface area contributed by atoms with E-state index in [4.69, 9.17) is 0 Å². The lowest BCUT2D eigenvalue weighted by Gasteiger charge is -2.11. The van der Waals surface area contributed by atoms with E-state index in [9.17, 15) is 17.2 Å². The number of hydrogen-bond donors (Lipinski definition) is 1. The molecule has 0 radical (unpaired) electrons. The fourth-order valence-corrected chi connectivity index (χ4v) is 2.38. The maximum absolute atomic E-state index is 11.9. The predicted molar refractivity (Wildman–Crippen MR) is 44.9 cm³/mol. The van der Waals surface area contributed by atoms with Gasteiger partial charge in [0.25, 0.3) is 10.0 Å². The van der Waals surface area contributed by atoms with Crippen LogP contribution >= 0.6 is 0 Å². The summed E-state index contributed by atoms with van der Waals surface area (Å²) in [7, 11) is -4.39. The summed E-state index contributed by atoms with van der Waals surface area (Å²) in [4.78, 5) is 0. The van der Waals surface area contributed by atoms with Gasteiger partial charge < -0.3 is 0 Å². The van der Waals surface area contributed by atoms with Crippen LogP contribution in [0.3, 0.4) is 0 Å². The molecule has 1 aliphatic carbocycles. The Morgan fingerprint density at radius 3 is 2.38 bits per heavy atom. The van der Waals surface area contributed by atoms with Crippen molar-refractivity contribution in [3.63, 3.8) is 0 Å². The van der Waals surface area contributed by atoms with Crippen molar-refractivity contribution in [2.45, 2.75) is 38.0 Å². The molecule has 1 N–H and O–H groups in total. The second-order valence-corrected chi connectivity index (χ2v) is 5.22. The Kier molecular flexibility index (Phi) is 3.23. The van der Waals surface area contributed by atoms with E-state index in [2.05, 4.69) is 0 Å². The minimum absolute atomic E-state index is 0.297. The molecule has 0 spiro atoms. The fourth-order valence-electron chi connectivity index (χ4n) is 1.60. The molecule has 1 fully saturated rings. The van der Waals surface area contributed by atoms with Crippen LogP contribution in [0.15, 0.2) is 0 Å². The van der Waals surface area contributed by atoms with E-state index in [0.29, 0.717) is 18.8 Å². The molecule has 3 nitrogen and oxygen atoms in total. The van der Waals surface area contributed by atoms with Crippen molar-refractivity contribution in [3.05, 3.63) is 0 Å². The Morgan fingerprint density at radius 2 is 2.00 bits per heavy atom. The van der Waals surface area contributed by atoms with Crippen molar-refractivity contribution in [3.8, 4) is 0 Å². The number of sulfonamides is 1. The zero-order valence-electron chi connectivity index (χ0n) is 7.33. The van der Waals surface area contributed by atoms with Gasteiger partial charge in [-0.2, -0.15) is 8.78 Å². The second kappa shape index (κ2) is 3.88. The van der Waals surface area contributed by atoms with Crippen molar-refractivity contribution in [1.82, 2.24) is 4.72 Å². The first-order valence-corrected chi connectivity index (χ1v) is 5.75. The third-order valence-electron chi connectivity index (χ3n) is 2.26. The molecule has 0 bridgehead atoms. The number of hydrogen-bond acceptors (Lipinski definition) is 2. The van der Waals surface area contributed by atoms with Crippen LogP contribution in [-0.2, 0) is 10.0 Å². The SMILES string of the molecule is CC1CCC(NS(=O)(=O)C(F)F)C1. The third-order valence-corrected chi connectivity index (χ3v) is 3.39. The first-order chi connectivity index (χ1) is 5.92. The molecule has 0 saturated heterocycles. The largest absolute Gasteiger partial charge is 0.350 e. The van der Waals surface area contributed by atoms with Crippen LogP contribution in [0.4, 0.5) is 8.78 Å². The molecular weight excluding hydrogens is 200 g/mol. The van der Waals surface area contributed by atoms with E-state index in [-0.39, 0.29) is 6.04 Å². The van der Waals surface area contributed by atoms with Gasteiger partial charge in [-0.05, 0) is 25.2 Å². The van der Waals surface area contributed by atoms with Crippen LogP contribution in [-0.4, -0.2) is 20.2 Å². The molecule has 0 aromatic heterocycles. The highest BCUT2D eigenvalue weighted by Gasteiger charge is 2.30. The minimum Gasteiger partial charge on any atom is -0.207 e. The molecule has 78 valence electrons. The average Bonchev–Trinajstić information content (AvgIpc) is 2.34. The number of halogens is 2. The Hall–Kier alpha value is -0.230. The molecule has 0 amide bonds. The fraction of sp³-hybridized carbons (Fsp3) is 1.00. The second-order valence-electron chi connectivity index (χ2n) is 3.54. The summed E-state index contributed by atoms with van der Waals surface area (Å²) < 4.78 is 47.3. The van der Waals surface area contributed by atoms with E-state index in [1.54, 1.807) is 0 Å². The molecule has 0 aromatic carbocycles. The lowest BCUT2D eigenvalue weighted by atomic mass is 10.1. The quantitative estimate of drug-likeness (QED) is 0.768. The Balaban J connectivity index is 2.50. The minimum atomic E-state index is -4.39. The van der Waals surface area contributed by atoms with Crippen LogP contribution in [0.25, 0.3) is 0 Å². The molecule has 13 heavy (non-hydrogen) atoms. The first kappa shape index (κ1) is 10.8. The van der Waals surface area contributed by atoms with Crippen molar-refractivity contribution in [2.75, 3.05) is 0 Å². The summed E-state index contributed by atoms with van der Waals surface area (Å²) >= 11 is 0.